The minimum Gasteiger partial charge on any atom is -0.461 e. The standard InChI is InChI=1S/C11H10N4O4S/c1-2-19-10(18)7-5-20-11(12-7)13-9(17)6-3-4-8(16)15-14-6/h3-5H,2H2,1H3,(H,15,16)(H,12,13,17). The normalized spacial score (nSPS) is 10.1. The van der Waals surface area contributed by atoms with Crippen LogP contribution in [0.4, 0.5) is 5.13 Å². The highest BCUT2D eigenvalue weighted by Crippen LogP contribution is 2.16. The van der Waals surface area contributed by atoms with Crippen LogP contribution in [0.2, 0.25) is 0 Å². The average Bonchev–Trinajstić information content (AvgIpc) is 2.88. The number of H-pyrrole nitrogens is 1. The van der Waals surface area contributed by atoms with E-state index in [1.807, 2.05) is 0 Å². The van der Waals surface area contributed by atoms with E-state index in [-0.39, 0.29) is 23.1 Å². The van der Waals surface area contributed by atoms with Crippen LogP contribution in [-0.2, 0) is 4.74 Å². The van der Waals surface area contributed by atoms with Crippen molar-refractivity contribution in [2.24, 2.45) is 0 Å². The molecule has 0 aliphatic heterocycles. The molecule has 2 rings (SSSR count). The molecule has 8 nitrogen and oxygen atoms in total. The van der Waals surface area contributed by atoms with Crippen LogP contribution >= 0.6 is 11.3 Å². The van der Waals surface area contributed by atoms with E-state index in [1.165, 1.54) is 17.5 Å². The number of thiazole rings is 1. The van der Waals surface area contributed by atoms with Gasteiger partial charge in [0, 0.05) is 11.4 Å². The fourth-order valence-electron chi connectivity index (χ4n) is 1.26. The first-order valence-corrected chi connectivity index (χ1v) is 6.48. The van der Waals surface area contributed by atoms with E-state index in [0.717, 1.165) is 11.3 Å². The van der Waals surface area contributed by atoms with Crippen molar-refractivity contribution in [1.29, 1.82) is 0 Å². The Labute approximate surface area is 116 Å². The van der Waals surface area contributed by atoms with Crippen molar-refractivity contribution < 1.29 is 14.3 Å². The molecular formula is C11H10N4O4S. The number of rotatable bonds is 4. The zero-order valence-electron chi connectivity index (χ0n) is 10.4. The maximum Gasteiger partial charge on any atom is 0.357 e. The van der Waals surface area contributed by atoms with Crippen molar-refractivity contribution in [3.63, 3.8) is 0 Å². The monoisotopic (exact) mass is 294 g/mol. The second kappa shape index (κ2) is 6.06. The van der Waals surface area contributed by atoms with Crippen LogP contribution < -0.4 is 10.9 Å². The summed E-state index contributed by atoms with van der Waals surface area (Å²) in [7, 11) is 0. The van der Waals surface area contributed by atoms with Gasteiger partial charge in [-0.15, -0.1) is 11.3 Å². The highest BCUT2D eigenvalue weighted by Gasteiger charge is 2.14. The van der Waals surface area contributed by atoms with Crippen LogP contribution in [0, 0.1) is 0 Å². The van der Waals surface area contributed by atoms with Gasteiger partial charge in [0.1, 0.15) is 5.69 Å². The lowest BCUT2D eigenvalue weighted by Crippen LogP contribution is -2.17. The molecule has 20 heavy (non-hydrogen) atoms. The van der Waals surface area contributed by atoms with Gasteiger partial charge >= 0.3 is 5.97 Å². The van der Waals surface area contributed by atoms with Crippen molar-refractivity contribution >= 4 is 28.3 Å². The molecule has 0 unspecified atom stereocenters. The summed E-state index contributed by atoms with van der Waals surface area (Å²) in [6.07, 6.45) is 0. The van der Waals surface area contributed by atoms with Gasteiger partial charge in [-0.25, -0.2) is 14.9 Å². The summed E-state index contributed by atoms with van der Waals surface area (Å²) >= 11 is 1.09. The van der Waals surface area contributed by atoms with Gasteiger partial charge in [0.2, 0.25) is 0 Å². The van der Waals surface area contributed by atoms with Gasteiger partial charge in [-0.3, -0.25) is 14.9 Å². The van der Waals surface area contributed by atoms with Crippen molar-refractivity contribution in [2.75, 3.05) is 11.9 Å². The molecule has 0 atom stereocenters. The number of carbonyl (C=O) groups excluding carboxylic acids is 2. The number of hydrogen-bond donors (Lipinski definition) is 2. The summed E-state index contributed by atoms with van der Waals surface area (Å²) in [5.41, 5.74) is -0.237. The predicted octanol–water partition coefficient (Wildman–Crippen LogP) is 0.655. The molecule has 0 saturated heterocycles. The maximum atomic E-state index is 11.8. The number of aromatic nitrogens is 3. The molecule has 0 aromatic carbocycles. The van der Waals surface area contributed by atoms with E-state index in [0.29, 0.717) is 0 Å². The third-order valence-corrected chi connectivity index (χ3v) is 2.88. The lowest BCUT2D eigenvalue weighted by Gasteiger charge is -1.99. The lowest BCUT2D eigenvalue weighted by atomic mass is 10.4. The summed E-state index contributed by atoms with van der Waals surface area (Å²) in [6.45, 7) is 1.94. The Bertz CT molecular complexity index is 673. The van der Waals surface area contributed by atoms with Crippen LogP contribution in [0.15, 0.2) is 22.3 Å². The fraction of sp³-hybridized carbons (Fsp3) is 0.182. The zero-order valence-corrected chi connectivity index (χ0v) is 11.2. The van der Waals surface area contributed by atoms with E-state index in [2.05, 4.69) is 20.5 Å². The first-order chi connectivity index (χ1) is 9.60. The lowest BCUT2D eigenvalue weighted by molar-refractivity contribution is 0.0520. The van der Waals surface area contributed by atoms with Gasteiger partial charge in [0.05, 0.1) is 6.61 Å². The molecule has 1 amide bonds. The maximum absolute atomic E-state index is 11.8. The Morgan fingerprint density at radius 3 is 2.85 bits per heavy atom. The Morgan fingerprint density at radius 2 is 2.20 bits per heavy atom. The summed E-state index contributed by atoms with van der Waals surface area (Å²) in [5.74, 6) is -1.09. The topological polar surface area (TPSA) is 114 Å². The van der Waals surface area contributed by atoms with Crippen LogP contribution in [0.5, 0.6) is 0 Å². The Hall–Kier alpha value is -2.55. The first-order valence-electron chi connectivity index (χ1n) is 5.60. The summed E-state index contributed by atoms with van der Waals surface area (Å²) < 4.78 is 4.78. The van der Waals surface area contributed by atoms with Crippen LogP contribution in [0.1, 0.15) is 27.9 Å². The van der Waals surface area contributed by atoms with E-state index in [4.69, 9.17) is 4.74 Å². The largest absolute Gasteiger partial charge is 0.461 e. The minimum absolute atomic E-state index is 0.0393. The second-order valence-corrected chi connectivity index (χ2v) is 4.38. The number of ether oxygens (including phenoxy) is 1. The molecule has 0 fully saturated rings. The number of nitrogens with zero attached hydrogens (tertiary/aromatic N) is 2. The Balaban J connectivity index is 2.06. The number of anilines is 1. The number of amides is 1. The first kappa shape index (κ1) is 13.9. The fourth-order valence-corrected chi connectivity index (χ4v) is 1.94. The van der Waals surface area contributed by atoms with E-state index in [9.17, 15) is 14.4 Å². The summed E-state index contributed by atoms with van der Waals surface area (Å²) in [4.78, 5) is 37.9. The minimum atomic E-state index is -0.550. The van der Waals surface area contributed by atoms with Crippen LogP contribution in [-0.4, -0.2) is 33.7 Å². The third-order valence-electron chi connectivity index (χ3n) is 2.12. The number of hydrogen-bond acceptors (Lipinski definition) is 7. The molecule has 9 heteroatoms. The SMILES string of the molecule is CCOC(=O)c1csc(NC(=O)c2ccc(=O)[nH]n2)n1. The Morgan fingerprint density at radius 1 is 1.40 bits per heavy atom. The molecule has 2 N–H and O–H groups in total. The van der Waals surface area contributed by atoms with E-state index in [1.54, 1.807) is 6.92 Å². The van der Waals surface area contributed by atoms with Gasteiger partial charge in [-0.2, -0.15) is 5.10 Å². The molecule has 2 aromatic rings. The third kappa shape index (κ3) is 3.26. The zero-order chi connectivity index (χ0) is 14.5. The van der Waals surface area contributed by atoms with E-state index >= 15 is 0 Å². The van der Waals surface area contributed by atoms with E-state index < -0.39 is 17.4 Å². The summed E-state index contributed by atoms with van der Waals surface area (Å²) in [6, 6.07) is 2.47. The molecule has 0 aliphatic carbocycles. The predicted molar refractivity (Wildman–Crippen MR) is 70.9 cm³/mol. The highest BCUT2D eigenvalue weighted by atomic mass is 32.1. The molecule has 0 spiro atoms. The smallest absolute Gasteiger partial charge is 0.357 e. The molecule has 2 aromatic heterocycles. The quantitative estimate of drug-likeness (QED) is 0.800. The van der Waals surface area contributed by atoms with Crippen molar-refractivity contribution in [2.45, 2.75) is 6.92 Å². The molecule has 104 valence electrons. The van der Waals surface area contributed by atoms with Gasteiger partial charge in [-0.05, 0) is 13.0 Å². The molecule has 0 aliphatic rings. The van der Waals surface area contributed by atoms with Gasteiger partial charge in [0.15, 0.2) is 10.8 Å². The molecule has 0 bridgehead atoms. The number of nitrogens with one attached hydrogen (secondary N) is 2. The second-order valence-electron chi connectivity index (χ2n) is 3.52. The van der Waals surface area contributed by atoms with Gasteiger partial charge in [0.25, 0.3) is 11.5 Å². The average molecular weight is 294 g/mol. The van der Waals surface area contributed by atoms with Gasteiger partial charge in [-0.1, -0.05) is 0 Å². The molecule has 0 radical (unpaired) electrons. The number of esters is 1. The molecular weight excluding hydrogens is 284 g/mol. The van der Waals surface area contributed by atoms with Gasteiger partial charge < -0.3 is 4.74 Å². The van der Waals surface area contributed by atoms with Crippen molar-refractivity contribution in [1.82, 2.24) is 15.2 Å². The Kier molecular flexibility index (Phi) is 4.20. The molecule has 2 heterocycles. The molecule has 0 saturated carbocycles. The number of carbonyl (C=O) groups is 2. The van der Waals surface area contributed by atoms with Crippen LogP contribution in [0.3, 0.4) is 0 Å². The number of aromatic amines is 1. The summed E-state index contributed by atoms with van der Waals surface area (Å²) in [5, 5.41) is 9.92. The van der Waals surface area contributed by atoms with Crippen LogP contribution in [0.25, 0.3) is 0 Å². The van der Waals surface area contributed by atoms with Crippen molar-refractivity contribution in [3.05, 3.63) is 39.3 Å². The van der Waals surface area contributed by atoms with Crippen molar-refractivity contribution in [3.8, 4) is 0 Å². The highest BCUT2D eigenvalue weighted by molar-refractivity contribution is 7.14.